The number of anilines is 1. The van der Waals surface area contributed by atoms with Crippen molar-refractivity contribution in [3.8, 4) is 0 Å². The lowest BCUT2D eigenvalue weighted by Gasteiger charge is -2.30. The van der Waals surface area contributed by atoms with Gasteiger partial charge in [0.15, 0.2) is 0 Å². The molecule has 0 aliphatic heterocycles. The monoisotopic (exact) mass is 382 g/mol. The number of hydrogen-bond acceptors (Lipinski definition) is 2. The lowest BCUT2D eigenvalue weighted by Crippen LogP contribution is -2.50. The van der Waals surface area contributed by atoms with E-state index in [-0.39, 0.29) is 17.8 Å². The van der Waals surface area contributed by atoms with Crippen LogP contribution in [-0.2, 0) is 5.67 Å². The van der Waals surface area contributed by atoms with E-state index in [1.807, 2.05) is 0 Å². The first kappa shape index (κ1) is 19.6. The highest BCUT2D eigenvalue weighted by atomic mass is 35.5. The van der Waals surface area contributed by atoms with Crippen molar-refractivity contribution < 1.29 is 30.7 Å². The van der Waals surface area contributed by atoms with Crippen LogP contribution in [0.1, 0.15) is 5.56 Å². The fourth-order valence-corrected chi connectivity index (χ4v) is 2.17. The molecular weight excluding hydrogens is 376 g/mol. The minimum atomic E-state index is -6.26. The number of nitrogens with one attached hydrogen (secondary N) is 2. The predicted octanol–water partition coefficient (Wildman–Crippen LogP) is 5.86. The molecule has 0 aliphatic carbocycles. The molecule has 1 rings (SSSR count). The molecule has 1 aromatic carbocycles. The number of halogens is 9. The SMILES string of the molecule is N=C/C=C\Nc1c(Cl)cc(C(F)(C(F)(F)F)C(F)(F)F)cc1Cl. The van der Waals surface area contributed by atoms with E-state index in [1.165, 1.54) is 0 Å². The molecule has 0 spiro atoms. The second-order valence-electron chi connectivity index (χ2n) is 4.14. The van der Waals surface area contributed by atoms with Gasteiger partial charge in [0.1, 0.15) is 0 Å². The molecule has 0 aliphatic rings. The van der Waals surface area contributed by atoms with E-state index in [0.29, 0.717) is 0 Å². The third-order valence-corrected chi connectivity index (χ3v) is 3.24. The summed E-state index contributed by atoms with van der Waals surface area (Å²) in [5.74, 6) is 0. The van der Waals surface area contributed by atoms with Gasteiger partial charge in [0.2, 0.25) is 0 Å². The van der Waals surface area contributed by atoms with Crippen LogP contribution < -0.4 is 5.32 Å². The van der Waals surface area contributed by atoms with Crippen LogP contribution in [0.4, 0.5) is 36.4 Å². The molecule has 11 heteroatoms. The van der Waals surface area contributed by atoms with E-state index >= 15 is 0 Å². The van der Waals surface area contributed by atoms with Gasteiger partial charge in [0, 0.05) is 18.0 Å². The summed E-state index contributed by atoms with van der Waals surface area (Å²) in [6, 6.07) is 0.379. The van der Waals surface area contributed by atoms with Crippen LogP contribution in [0.15, 0.2) is 24.4 Å². The topological polar surface area (TPSA) is 35.9 Å². The number of benzene rings is 1. The largest absolute Gasteiger partial charge is 0.435 e. The lowest BCUT2D eigenvalue weighted by molar-refractivity contribution is -0.348. The van der Waals surface area contributed by atoms with Crippen molar-refractivity contribution in [2.24, 2.45) is 0 Å². The fourth-order valence-electron chi connectivity index (χ4n) is 1.58. The van der Waals surface area contributed by atoms with Crippen molar-refractivity contribution in [1.82, 2.24) is 0 Å². The Labute approximate surface area is 135 Å². The number of allylic oxidation sites excluding steroid dienone is 1. The lowest BCUT2D eigenvalue weighted by atomic mass is 9.94. The average molecular weight is 383 g/mol. The molecule has 0 atom stereocenters. The van der Waals surface area contributed by atoms with E-state index in [4.69, 9.17) is 28.6 Å². The normalized spacial score (nSPS) is 13.4. The molecule has 1 aromatic rings. The summed E-state index contributed by atoms with van der Waals surface area (Å²) in [4.78, 5) is 0. The molecule has 0 aromatic heterocycles. The molecule has 0 unspecified atom stereocenters. The fraction of sp³-hybridized carbons (Fsp3) is 0.250. The minimum absolute atomic E-state index is 0.189. The van der Waals surface area contributed by atoms with E-state index in [2.05, 4.69) is 5.32 Å². The van der Waals surface area contributed by atoms with Crippen LogP contribution in [0.25, 0.3) is 0 Å². The van der Waals surface area contributed by atoms with Gasteiger partial charge in [-0.3, -0.25) is 0 Å². The summed E-state index contributed by atoms with van der Waals surface area (Å²) in [5, 5.41) is 7.76. The summed E-state index contributed by atoms with van der Waals surface area (Å²) in [5.41, 5.74) is -7.63. The highest BCUT2D eigenvalue weighted by Gasteiger charge is 2.73. The van der Waals surface area contributed by atoms with Crippen molar-refractivity contribution in [3.63, 3.8) is 0 Å². The molecule has 0 saturated heterocycles. The van der Waals surface area contributed by atoms with Crippen molar-refractivity contribution >= 4 is 35.1 Å². The van der Waals surface area contributed by atoms with Gasteiger partial charge in [0.25, 0.3) is 0 Å². The van der Waals surface area contributed by atoms with Crippen molar-refractivity contribution in [2.75, 3.05) is 5.32 Å². The third-order valence-electron chi connectivity index (χ3n) is 2.64. The smallest absolute Gasteiger partial charge is 0.359 e. The van der Waals surface area contributed by atoms with Crippen molar-refractivity contribution in [1.29, 1.82) is 5.41 Å². The van der Waals surface area contributed by atoms with E-state index in [1.54, 1.807) is 0 Å². The van der Waals surface area contributed by atoms with Crippen LogP contribution in [-0.4, -0.2) is 18.6 Å². The minimum Gasteiger partial charge on any atom is -0.359 e. The summed E-state index contributed by atoms with van der Waals surface area (Å²) in [6.45, 7) is 0. The van der Waals surface area contributed by atoms with E-state index in [0.717, 1.165) is 18.5 Å². The molecule has 23 heavy (non-hydrogen) atoms. The maximum atomic E-state index is 13.9. The molecule has 0 saturated carbocycles. The molecule has 0 amide bonds. The Morgan fingerprint density at radius 1 is 0.913 bits per heavy atom. The maximum Gasteiger partial charge on any atom is 0.435 e. The summed E-state index contributed by atoms with van der Waals surface area (Å²) < 4.78 is 89.9. The van der Waals surface area contributed by atoms with Crippen LogP contribution in [0.2, 0.25) is 10.0 Å². The summed E-state index contributed by atoms with van der Waals surface area (Å²) in [6.07, 6.45) is -9.43. The Morgan fingerprint density at radius 2 is 1.35 bits per heavy atom. The second-order valence-corrected chi connectivity index (χ2v) is 4.95. The predicted molar refractivity (Wildman–Crippen MR) is 72.9 cm³/mol. The quantitative estimate of drug-likeness (QED) is 0.496. The van der Waals surface area contributed by atoms with Crippen molar-refractivity contribution in [2.45, 2.75) is 18.0 Å². The number of hydrogen-bond donors (Lipinski definition) is 2. The molecule has 0 heterocycles. The first-order valence-corrected chi connectivity index (χ1v) is 6.36. The van der Waals surface area contributed by atoms with Crippen LogP contribution in [0, 0.1) is 5.41 Å². The first-order valence-electron chi connectivity index (χ1n) is 5.60. The van der Waals surface area contributed by atoms with Gasteiger partial charge in [-0.15, -0.1) is 0 Å². The van der Waals surface area contributed by atoms with Crippen LogP contribution >= 0.6 is 23.2 Å². The molecular formula is C12H7Cl2F7N2. The number of alkyl halides is 7. The Bertz CT molecular complexity index is 586. The maximum absolute atomic E-state index is 13.9. The van der Waals surface area contributed by atoms with Crippen LogP contribution in [0.5, 0.6) is 0 Å². The Balaban J connectivity index is 3.49. The number of rotatable bonds is 4. The van der Waals surface area contributed by atoms with Gasteiger partial charge < -0.3 is 10.7 Å². The third kappa shape index (κ3) is 3.72. The van der Waals surface area contributed by atoms with Gasteiger partial charge >= 0.3 is 18.0 Å². The molecule has 0 bridgehead atoms. The Kier molecular flexibility index (Phi) is 5.58. The molecule has 0 fully saturated rings. The zero-order chi connectivity index (χ0) is 18.1. The first-order chi connectivity index (χ1) is 10.4. The Hall–Kier alpha value is -1.48. The molecule has 2 N–H and O–H groups in total. The second kappa shape index (κ2) is 6.56. The zero-order valence-electron chi connectivity index (χ0n) is 10.8. The van der Waals surface area contributed by atoms with Gasteiger partial charge in [-0.2, -0.15) is 26.3 Å². The molecule has 2 nitrogen and oxygen atoms in total. The molecule has 128 valence electrons. The van der Waals surface area contributed by atoms with Gasteiger partial charge in [-0.25, -0.2) is 4.39 Å². The highest BCUT2D eigenvalue weighted by molar-refractivity contribution is 6.39. The standard InChI is InChI=1S/C12H7Cl2F7N2/c13-7-4-6(5-8(14)9(7)23-3-1-2-22)10(15,11(16,17)18)12(19,20)21/h1-5,22-23H/b3-1-,22-2?. The van der Waals surface area contributed by atoms with E-state index in [9.17, 15) is 30.7 Å². The van der Waals surface area contributed by atoms with E-state index < -0.39 is 33.6 Å². The van der Waals surface area contributed by atoms with Gasteiger partial charge in [0.05, 0.1) is 15.7 Å². The average Bonchev–Trinajstić information content (AvgIpc) is 2.38. The van der Waals surface area contributed by atoms with Crippen LogP contribution in [0.3, 0.4) is 0 Å². The summed E-state index contributed by atoms with van der Waals surface area (Å²) >= 11 is 11.2. The summed E-state index contributed by atoms with van der Waals surface area (Å²) in [7, 11) is 0. The van der Waals surface area contributed by atoms with Gasteiger partial charge in [-0.1, -0.05) is 23.2 Å². The Morgan fingerprint density at radius 3 is 1.70 bits per heavy atom. The zero-order valence-corrected chi connectivity index (χ0v) is 12.3. The molecule has 0 radical (unpaired) electrons. The highest BCUT2D eigenvalue weighted by Crippen LogP contribution is 2.54. The van der Waals surface area contributed by atoms with Crippen molar-refractivity contribution in [3.05, 3.63) is 40.0 Å². The van der Waals surface area contributed by atoms with Gasteiger partial charge in [-0.05, 0) is 18.2 Å².